The quantitative estimate of drug-likeness (QED) is 0.895. The summed E-state index contributed by atoms with van der Waals surface area (Å²) in [6.07, 6.45) is 1.35. The third-order valence-corrected chi connectivity index (χ3v) is 2.80. The van der Waals surface area contributed by atoms with Crippen LogP contribution in [0.15, 0.2) is 28.8 Å². The number of ether oxygens (including phenoxy) is 1. The van der Waals surface area contributed by atoms with Gasteiger partial charge in [0.1, 0.15) is 17.0 Å². The van der Waals surface area contributed by atoms with Gasteiger partial charge in [-0.2, -0.15) is 0 Å². The van der Waals surface area contributed by atoms with Crippen LogP contribution in [0.2, 0.25) is 0 Å². The second kappa shape index (κ2) is 5.56. The van der Waals surface area contributed by atoms with Crippen molar-refractivity contribution in [1.29, 1.82) is 0 Å². The fourth-order valence-corrected chi connectivity index (χ4v) is 1.91. The summed E-state index contributed by atoms with van der Waals surface area (Å²) in [4.78, 5) is 11.4. The minimum Gasteiger partial charge on any atom is -0.497 e. The van der Waals surface area contributed by atoms with E-state index in [9.17, 15) is 9.90 Å². The van der Waals surface area contributed by atoms with E-state index in [1.165, 1.54) is 0 Å². The van der Waals surface area contributed by atoms with Gasteiger partial charge in [0.15, 0.2) is 5.76 Å². The van der Waals surface area contributed by atoms with E-state index < -0.39 is 5.97 Å². The molecule has 0 atom stereocenters. The van der Waals surface area contributed by atoms with Gasteiger partial charge in [-0.05, 0) is 18.6 Å². The molecule has 0 aliphatic carbocycles. The van der Waals surface area contributed by atoms with Crippen LogP contribution in [-0.4, -0.2) is 23.3 Å². The molecule has 5 heteroatoms. The Morgan fingerprint density at radius 2 is 2.26 bits per heavy atom. The minimum atomic E-state index is -1.03. The molecule has 0 radical (unpaired) electrons. The topological polar surface area (TPSA) is 72.6 Å². The van der Waals surface area contributed by atoms with Crippen LogP contribution in [-0.2, 0) is 6.42 Å². The number of hydrogen-bond acceptors (Lipinski definition) is 4. The molecular weight excluding hydrogens is 246 g/mol. The maximum Gasteiger partial charge on any atom is 0.341 e. The van der Waals surface area contributed by atoms with Crippen LogP contribution in [0.3, 0.4) is 0 Å². The van der Waals surface area contributed by atoms with Crippen molar-refractivity contribution in [2.24, 2.45) is 0 Å². The van der Waals surface area contributed by atoms with E-state index in [1.54, 1.807) is 31.4 Å². The number of carboxylic acid groups (broad SMARTS) is 1. The Morgan fingerprint density at radius 3 is 2.89 bits per heavy atom. The van der Waals surface area contributed by atoms with Gasteiger partial charge in [-0.3, -0.25) is 0 Å². The van der Waals surface area contributed by atoms with Crippen molar-refractivity contribution in [3.63, 3.8) is 0 Å². The number of aryl methyl sites for hydroxylation is 1. The maximum atomic E-state index is 11.4. The zero-order chi connectivity index (χ0) is 13.8. The van der Waals surface area contributed by atoms with Crippen molar-refractivity contribution in [2.75, 3.05) is 7.11 Å². The third-order valence-electron chi connectivity index (χ3n) is 2.80. The van der Waals surface area contributed by atoms with Crippen LogP contribution in [0.1, 0.15) is 29.5 Å². The molecule has 0 amide bonds. The molecule has 1 aromatic heterocycles. The molecule has 0 fully saturated rings. The lowest BCUT2D eigenvalue weighted by atomic mass is 10.0. The number of methoxy groups -OCH3 is 1. The first-order valence-electron chi connectivity index (χ1n) is 6.03. The molecule has 0 unspecified atom stereocenters. The van der Waals surface area contributed by atoms with Crippen molar-refractivity contribution in [2.45, 2.75) is 19.8 Å². The molecule has 1 heterocycles. The van der Waals surface area contributed by atoms with Crippen LogP contribution in [0.25, 0.3) is 11.3 Å². The summed E-state index contributed by atoms with van der Waals surface area (Å²) >= 11 is 0. The van der Waals surface area contributed by atoms with Gasteiger partial charge in [-0.15, -0.1) is 0 Å². The van der Waals surface area contributed by atoms with Crippen molar-refractivity contribution in [3.05, 3.63) is 35.6 Å². The van der Waals surface area contributed by atoms with E-state index in [-0.39, 0.29) is 5.56 Å². The molecule has 0 aliphatic heterocycles. The fraction of sp³-hybridized carbons (Fsp3) is 0.286. The normalized spacial score (nSPS) is 10.4. The van der Waals surface area contributed by atoms with Crippen LogP contribution < -0.4 is 4.74 Å². The summed E-state index contributed by atoms with van der Waals surface area (Å²) in [5.41, 5.74) is 1.15. The predicted octanol–water partition coefficient (Wildman–Crippen LogP) is 3.00. The van der Waals surface area contributed by atoms with E-state index in [1.807, 2.05) is 6.92 Å². The smallest absolute Gasteiger partial charge is 0.341 e. The number of carbonyl (C=O) groups is 1. The Labute approximate surface area is 110 Å². The lowest BCUT2D eigenvalue weighted by Crippen LogP contribution is -2.01. The van der Waals surface area contributed by atoms with Crippen molar-refractivity contribution >= 4 is 5.97 Å². The largest absolute Gasteiger partial charge is 0.497 e. The summed E-state index contributed by atoms with van der Waals surface area (Å²) in [7, 11) is 1.56. The molecule has 1 N–H and O–H groups in total. The standard InChI is InChI=1S/C14H15NO4/c1-3-5-11-12(14(16)17)13(15-19-11)9-6-4-7-10(8-9)18-2/h4,6-8H,3,5H2,1-2H3,(H,16,17). The van der Waals surface area contributed by atoms with Gasteiger partial charge < -0.3 is 14.4 Å². The van der Waals surface area contributed by atoms with Gasteiger partial charge in [0.2, 0.25) is 0 Å². The van der Waals surface area contributed by atoms with Crippen molar-refractivity contribution < 1.29 is 19.2 Å². The summed E-state index contributed by atoms with van der Waals surface area (Å²) < 4.78 is 10.3. The van der Waals surface area contributed by atoms with Crippen LogP contribution in [0.4, 0.5) is 0 Å². The summed E-state index contributed by atoms with van der Waals surface area (Å²) in [6.45, 7) is 1.96. The van der Waals surface area contributed by atoms with Gasteiger partial charge in [-0.1, -0.05) is 24.2 Å². The number of benzene rings is 1. The van der Waals surface area contributed by atoms with Crippen LogP contribution >= 0.6 is 0 Å². The SMILES string of the molecule is CCCc1onc(-c2cccc(OC)c2)c1C(=O)O. The van der Waals surface area contributed by atoms with E-state index >= 15 is 0 Å². The molecule has 100 valence electrons. The molecule has 0 spiro atoms. The zero-order valence-electron chi connectivity index (χ0n) is 10.8. The van der Waals surface area contributed by atoms with E-state index in [0.29, 0.717) is 29.2 Å². The van der Waals surface area contributed by atoms with E-state index in [0.717, 1.165) is 6.42 Å². The molecule has 0 aliphatic rings. The zero-order valence-corrected chi connectivity index (χ0v) is 10.8. The average Bonchev–Trinajstić information content (AvgIpc) is 2.83. The first-order chi connectivity index (χ1) is 9.17. The van der Waals surface area contributed by atoms with E-state index in [4.69, 9.17) is 9.26 Å². The molecule has 1 aromatic carbocycles. The molecule has 5 nitrogen and oxygen atoms in total. The highest BCUT2D eigenvalue weighted by molar-refractivity contribution is 5.95. The first kappa shape index (κ1) is 13.1. The molecule has 2 aromatic rings. The maximum absolute atomic E-state index is 11.4. The van der Waals surface area contributed by atoms with Gasteiger partial charge in [0.25, 0.3) is 0 Å². The van der Waals surface area contributed by atoms with Gasteiger partial charge in [-0.25, -0.2) is 4.79 Å². The van der Waals surface area contributed by atoms with Crippen molar-refractivity contribution in [3.8, 4) is 17.0 Å². The lowest BCUT2D eigenvalue weighted by molar-refractivity contribution is 0.0695. The Bertz CT molecular complexity index is 589. The number of aromatic carboxylic acids is 1. The second-order valence-corrected chi connectivity index (χ2v) is 4.12. The summed E-state index contributed by atoms with van der Waals surface area (Å²) in [6, 6.07) is 7.09. The molecule has 2 rings (SSSR count). The Morgan fingerprint density at radius 1 is 1.47 bits per heavy atom. The number of nitrogens with zero attached hydrogens (tertiary/aromatic N) is 1. The third kappa shape index (κ3) is 2.59. The molecule has 19 heavy (non-hydrogen) atoms. The molecule has 0 saturated carbocycles. The number of rotatable bonds is 5. The molecule has 0 saturated heterocycles. The Hall–Kier alpha value is -2.30. The predicted molar refractivity (Wildman–Crippen MR) is 69.4 cm³/mol. The Kier molecular flexibility index (Phi) is 3.85. The highest BCUT2D eigenvalue weighted by Crippen LogP contribution is 2.28. The van der Waals surface area contributed by atoms with Gasteiger partial charge >= 0.3 is 5.97 Å². The minimum absolute atomic E-state index is 0.134. The Balaban J connectivity index is 2.52. The first-order valence-corrected chi connectivity index (χ1v) is 6.03. The number of aromatic nitrogens is 1. The molecule has 0 bridgehead atoms. The number of carboxylic acids is 1. The second-order valence-electron chi connectivity index (χ2n) is 4.12. The lowest BCUT2D eigenvalue weighted by Gasteiger charge is -2.02. The van der Waals surface area contributed by atoms with Gasteiger partial charge in [0.05, 0.1) is 7.11 Å². The fourth-order valence-electron chi connectivity index (χ4n) is 1.91. The monoisotopic (exact) mass is 261 g/mol. The number of hydrogen-bond donors (Lipinski definition) is 1. The van der Waals surface area contributed by atoms with Crippen LogP contribution in [0.5, 0.6) is 5.75 Å². The van der Waals surface area contributed by atoms with Crippen molar-refractivity contribution in [1.82, 2.24) is 5.16 Å². The van der Waals surface area contributed by atoms with E-state index in [2.05, 4.69) is 5.16 Å². The average molecular weight is 261 g/mol. The summed E-state index contributed by atoms with van der Waals surface area (Å²) in [5, 5.41) is 13.2. The highest BCUT2D eigenvalue weighted by atomic mass is 16.5. The van der Waals surface area contributed by atoms with Crippen LogP contribution in [0, 0.1) is 0 Å². The molecular formula is C14H15NO4. The summed E-state index contributed by atoms with van der Waals surface area (Å²) in [5.74, 6) is 0.0317. The highest BCUT2D eigenvalue weighted by Gasteiger charge is 2.23. The van der Waals surface area contributed by atoms with Gasteiger partial charge in [0, 0.05) is 12.0 Å².